The highest BCUT2D eigenvalue weighted by molar-refractivity contribution is 5.93. The van der Waals surface area contributed by atoms with Gasteiger partial charge in [-0.1, -0.05) is 0 Å². The molecule has 0 spiro atoms. The zero-order valence-corrected chi connectivity index (χ0v) is 18.2. The lowest BCUT2D eigenvalue weighted by molar-refractivity contribution is -0.0393. The summed E-state index contributed by atoms with van der Waals surface area (Å²) in [6.45, 7) is 2.54. The third-order valence-corrected chi connectivity index (χ3v) is 5.98. The summed E-state index contributed by atoms with van der Waals surface area (Å²) in [5, 5.41) is 16.8. The fourth-order valence-electron chi connectivity index (χ4n) is 4.20. The number of H-pyrrole nitrogens is 1. The molecule has 33 heavy (non-hydrogen) atoms. The summed E-state index contributed by atoms with van der Waals surface area (Å²) < 4.78 is 27.3. The molecule has 2 aliphatic heterocycles. The van der Waals surface area contributed by atoms with E-state index in [0.717, 1.165) is 19.3 Å². The molecule has 176 valence electrons. The van der Waals surface area contributed by atoms with E-state index < -0.39 is 5.82 Å². The van der Waals surface area contributed by atoms with Gasteiger partial charge in [-0.05, 0) is 37.3 Å². The quantitative estimate of drug-likeness (QED) is 0.541. The number of urea groups is 1. The van der Waals surface area contributed by atoms with Gasteiger partial charge in [-0.25, -0.2) is 18.9 Å². The number of nitrogens with zero attached hydrogens (tertiary/aromatic N) is 4. The number of anilines is 1. The highest BCUT2D eigenvalue weighted by Crippen LogP contribution is 2.31. The Labute approximate surface area is 189 Å². The van der Waals surface area contributed by atoms with Gasteiger partial charge in [0.25, 0.3) is 0 Å². The molecule has 0 aliphatic carbocycles. The van der Waals surface area contributed by atoms with Crippen LogP contribution < -0.4 is 5.32 Å². The number of imidazole rings is 1. The van der Waals surface area contributed by atoms with Crippen LogP contribution in [0.15, 0.2) is 18.3 Å². The van der Waals surface area contributed by atoms with E-state index in [2.05, 4.69) is 20.4 Å². The molecule has 2 saturated heterocycles. The van der Waals surface area contributed by atoms with Crippen LogP contribution in [-0.2, 0) is 15.9 Å². The number of nitrogens with one attached hydrogen (secondary N) is 2. The minimum absolute atomic E-state index is 0.146. The van der Waals surface area contributed by atoms with E-state index in [4.69, 9.17) is 9.47 Å². The lowest BCUT2D eigenvalue weighted by Crippen LogP contribution is -2.43. The minimum Gasteiger partial charge on any atom is -0.396 e. The summed E-state index contributed by atoms with van der Waals surface area (Å²) in [5.41, 5.74) is 2.42. The van der Waals surface area contributed by atoms with Gasteiger partial charge in [-0.3, -0.25) is 0 Å². The van der Waals surface area contributed by atoms with Crippen molar-refractivity contribution >= 4 is 22.8 Å². The molecule has 5 rings (SSSR count). The summed E-state index contributed by atoms with van der Waals surface area (Å²) in [5.74, 6) is -0.00559. The summed E-state index contributed by atoms with van der Waals surface area (Å²) in [6.07, 6.45) is 4.63. The van der Waals surface area contributed by atoms with Crippen molar-refractivity contribution < 1.29 is 23.8 Å². The third-order valence-electron chi connectivity index (χ3n) is 5.98. The highest BCUT2D eigenvalue weighted by atomic mass is 19.1. The van der Waals surface area contributed by atoms with Crippen molar-refractivity contribution in [3.05, 3.63) is 29.7 Å². The maximum atomic E-state index is 14.3. The molecule has 2 amide bonds. The monoisotopic (exact) mass is 458 g/mol. The van der Waals surface area contributed by atoms with Gasteiger partial charge >= 0.3 is 6.03 Å². The number of aliphatic hydroxyl groups is 1. The fraction of sp³-hybridized carbons (Fsp3) is 0.500. The molecule has 1 unspecified atom stereocenters. The van der Waals surface area contributed by atoms with E-state index in [0.29, 0.717) is 66.7 Å². The van der Waals surface area contributed by atoms with Crippen molar-refractivity contribution in [3.8, 4) is 11.5 Å². The molecule has 11 heteroatoms. The van der Waals surface area contributed by atoms with E-state index in [1.165, 1.54) is 6.07 Å². The Kier molecular flexibility index (Phi) is 6.25. The molecule has 0 bridgehead atoms. The average molecular weight is 458 g/mol. The Hall–Kier alpha value is -3.02. The van der Waals surface area contributed by atoms with Gasteiger partial charge in [0.2, 0.25) is 0 Å². The number of carbonyl (C=O) groups excluding carboxylic acids is 1. The number of ether oxygens (including phenoxy) is 2. The number of hydrogen-bond donors (Lipinski definition) is 3. The Morgan fingerprint density at radius 1 is 1.27 bits per heavy atom. The van der Waals surface area contributed by atoms with Crippen molar-refractivity contribution in [1.82, 2.24) is 24.6 Å². The first-order valence-electron chi connectivity index (χ1n) is 11.3. The molecule has 2 fully saturated rings. The van der Waals surface area contributed by atoms with Crippen molar-refractivity contribution in [2.45, 2.75) is 31.9 Å². The van der Waals surface area contributed by atoms with E-state index in [1.54, 1.807) is 21.8 Å². The SMILES string of the molecule is O=C(Nc1cn(C2CCCCO2)nc1-c1nc2cc(F)c(CCO)cc2[nH]1)N1CCOCC1. The average Bonchev–Trinajstić information content (AvgIpc) is 3.44. The summed E-state index contributed by atoms with van der Waals surface area (Å²) in [6, 6.07) is 2.74. The van der Waals surface area contributed by atoms with Crippen LogP contribution in [0.2, 0.25) is 0 Å². The predicted octanol–water partition coefficient (Wildman–Crippen LogP) is 2.66. The van der Waals surface area contributed by atoms with Gasteiger partial charge in [0.15, 0.2) is 11.5 Å². The standard InChI is InChI=1S/C22H27FN6O4/c23-15-12-17-16(11-14(15)4-7-30)24-21(25-17)20-18(26-22(31)28-5-9-32-10-6-28)13-29(27-20)19-3-1-2-8-33-19/h11-13,19,30H,1-10H2,(H,24,25)(H,26,31). The molecule has 2 aromatic heterocycles. The molecule has 2 aliphatic rings. The lowest BCUT2D eigenvalue weighted by Gasteiger charge is -2.26. The minimum atomic E-state index is -0.420. The van der Waals surface area contributed by atoms with Crippen LogP contribution in [0.1, 0.15) is 31.1 Å². The largest absolute Gasteiger partial charge is 0.396 e. The number of aromatic nitrogens is 4. The highest BCUT2D eigenvalue weighted by Gasteiger charge is 2.25. The molecule has 1 aromatic carbocycles. The number of morpholine rings is 1. The normalized spacial score (nSPS) is 19.2. The number of aromatic amines is 1. The second kappa shape index (κ2) is 9.46. The van der Waals surface area contributed by atoms with Crippen LogP contribution in [0.5, 0.6) is 0 Å². The maximum Gasteiger partial charge on any atom is 0.322 e. The van der Waals surface area contributed by atoms with Gasteiger partial charge in [-0.2, -0.15) is 5.10 Å². The van der Waals surface area contributed by atoms with Crippen molar-refractivity contribution in [3.63, 3.8) is 0 Å². The van der Waals surface area contributed by atoms with Crippen LogP contribution in [-0.4, -0.2) is 75.3 Å². The van der Waals surface area contributed by atoms with Gasteiger partial charge < -0.3 is 29.8 Å². The second-order valence-electron chi connectivity index (χ2n) is 8.24. The van der Waals surface area contributed by atoms with Gasteiger partial charge in [-0.15, -0.1) is 0 Å². The Morgan fingerprint density at radius 3 is 2.88 bits per heavy atom. The first-order valence-corrected chi connectivity index (χ1v) is 11.3. The molecule has 1 atom stereocenters. The topological polar surface area (TPSA) is 118 Å². The zero-order chi connectivity index (χ0) is 22.8. The van der Waals surface area contributed by atoms with Crippen molar-refractivity contribution in [1.29, 1.82) is 0 Å². The van der Waals surface area contributed by atoms with Gasteiger partial charge in [0.1, 0.15) is 12.0 Å². The number of fused-ring (bicyclic) bond motifs is 1. The molecule has 10 nitrogen and oxygen atoms in total. The smallest absolute Gasteiger partial charge is 0.322 e. The Morgan fingerprint density at radius 2 is 2.12 bits per heavy atom. The molecule has 3 aromatic rings. The van der Waals surface area contributed by atoms with Crippen molar-refractivity contribution in [2.75, 3.05) is 44.8 Å². The van der Waals surface area contributed by atoms with Crippen LogP contribution in [0.4, 0.5) is 14.9 Å². The maximum absolute atomic E-state index is 14.3. The van der Waals surface area contributed by atoms with Crippen LogP contribution in [0, 0.1) is 5.82 Å². The van der Waals surface area contributed by atoms with E-state index in [-0.39, 0.29) is 25.3 Å². The molecule has 0 radical (unpaired) electrons. The predicted molar refractivity (Wildman–Crippen MR) is 118 cm³/mol. The number of rotatable bonds is 5. The number of hydrogen-bond acceptors (Lipinski definition) is 6. The fourth-order valence-corrected chi connectivity index (χ4v) is 4.20. The molecular weight excluding hydrogens is 431 g/mol. The van der Waals surface area contributed by atoms with Crippen LogP contribution in [0.25, 0.3) is 22.6 Å². The van der Waals surface area contributed by atoms with Crippen LogP contribution in [0.3, 0.4) is 0 Å². The first kappa shape index (κ1) is 21.8. The second-order valence-corrected chi connectivity index (χ2v) is 8.24. The lowest BCUT2D eigenvalue weighted by atomic mass is 10.1. The molecular formula is C22H27FN6O4. The number of halogens is 1. The van der Waals surface area contributed by atoms with Gasteiger partial charge in [0.05, 0.1) is 36.1 Å². The van der Waals surface area contributed by atoms with E-state index in [1.807, 2.05) is 0 Å². The van der Waals surface area contributed by atoms with E-state index in [9.17, 15) is 14.3 Å². The Bertz CT molecular complexity index is 1130. The zero-order valence-electron chi connectivity index (χ0n) is 18.2. The van der Waals surface area contributed by atoms with E-state index >= 15 is 0 Å². The third kappa shape index (κ3) is 4.56. The number of benzene rings is 1. The Balaban J connectivity index is 1.50. The number of amides is 2. The number of aliphatic hydroxyl groups excluding tert-OH is 1. The number of carbonyl (C=O) groups is 1. The van der Waals surface area contributed by atoms with Crippen molar-refractivity contribution in [2.24, 2.45) is 0 Å². The molecule has 3 N–H and O–H groups in total. The summed E-state index contributed by atoms with van der Waals surface area (Å²) in [7, 11) is 0. The van der Waals surface area contributed by atoms with Crippen LogP contribution >= 0.6 is 0 Å². The molecule has 0 saturated carbocycles. The summed E-state index contributed by atoms with van der Waals surface area (Å²) in [4.78, 5) is 22.3. The molecule has 4 heterocycles. The summed E-state index contributed by atoms with van der Waals surface area (Å²) >= 11 is 0. The van der Waals surface area contributed by atoms with Gasteiger partial charge in [0, 0.05) is 32.4 Å². The first-order chi connectivity index (χ1) is 16.1.